The molecule has 0 heterocycles. The molecule has 0 fully saturated rings. The Hall–Kier alpha value is -4.87. The van der Waals surface area contributed by atoms with Crippen LogP contribution in [0.3, 0.4) is 0 Å². The second kappa shape index (κ2) is 12.8. The lowest BCUT2D eigenvalue weighted by Crippen LogP contribution is -2.30. The van der Waals surface area contributed by atoms with Crippen molar-refractivity contribution in [3.05, 3.63) is 83.4 Å². The summed E-state index contributed by atoms with van der Waals surface area (Å²) in [6.07, 6.45) is -5.85. The zero-order chi connectivity index (χ0) is 29.4. The Balaban J connectivity index is 1.60. The molecule has 210 valence electrons. The number of hydrogen-bond donors (Lipinski definition) is 2. The fourth-order valence-corrected chi connectivity index (χ4v) is 3.42. The predicted octanol–water partition coefficient (Wildman–Crippen LogP) is 5.12. The highest BCUT2D eigenvalue weighted by Crippen LogP contribution is 2.34. The van der Waals surface area contributed by atoms with Crippen molar-refractivity contribution < 1.29 is 46.6 Å². The van der Waals surface area contributed by atoms with Gasteiger partial charge in [-0.1, -0.05) is 24.3 Å². The van der Waals surface area contributed by atoms with Gasteiger partial charge in [0.05, 0.1) is 23.9 Å². The zero-order valence-corrected chi connectivity index (χ0v) is 21.6. The van der Waals surface area contributed by atoms with Crippen molar-refractivity contribution in [1.82, 2.24) is 0 Å². The van der Waals surface area contributed by atoms with Gasteiger partial charge in [-0.25, -0.2) is 4.79 Å². The van der Waals surface area contributed by atoms with E-state index in [2.05, 4.69) is 10.6 Å². The number of hydrogen-bond acceptors (Lipinski definition) is 7. The van der Waals surface area contributed by atoms with Crippen molar-refractivity contribution in [2.75, 3.05) is 24.4 Å². The maximum Gasteiger partial charge on any atom is 0.418 e. The molecule has 0 aromatic heterocycles. The van der Waals surface area contributed by atoms with Crippen molar-refractivity contribution in [3.8, 4) is 11.5 Å². The zero-order valence-electron chi connectivity index (χ0n) is 21.6. The van der Waals surface area contributed by atoms with E-state index in [0.29, 0.717) is 11.3 Å². The normalized spacial score (nSPS) is 11.7. The quantitative estimate of drug-likeness (QED) is 0.262. The summed E-state index contributed by atoms with van der Waals surface area (Å²) in [5, 5.41) is 4.73. The number of halogens is 3. The molecule has 0 aliphatic rings. The van der Waals surface area contributed by atoms with Crippen LogP contribution in [0.5, 0.6) is 11.5 Å². The molecule has 0 spiro atoms. The maximum atomic E-state index is 13.1. The number of rotatable bonds is 10. The number of carbonyl (C=O) groups excluding carboxylic acids is 4. The number of nitrogens with one attached hydrogen (secondary N) is 2. The van der Waals surface area contributed by atoms with E-state index in [9.17, 15) is 32.3 Å². The summed E-state index contributed by atoms with van der Waals surface area (Å²) in [6.45, 7) is 2.11. The first kappa shape index (κ1) is 29.7. The van der Waals surface area contributed by atoms with Crippen LogP contribution in [0.2, 0.25) is 0 Å². The molecule has 1 atom stereocenters. The van der Waals surface area contributed by atoms with E-state index in [1.807, 2.05) is 0 Å². The molecular formula is C28H25F3N2O7. The molecule has 0 aliphatic heterocycles. The Morgan fingerprint density at radius 2 is 1.60 bits per heavy atom. The highest BCUT2D eigenvalue weighted by Gasteiger charge is 2.33. The van der Waals surface area contributed by atoms with Crippen molar-refractivity contribution in [1.29, 1.82) is 0 Å². The Morgan fingerprint density at radius 3 is 2.27 bits per heavy atom. The third-order valence-electron chi connectivity index (χ3n) is 5.45. The molecule has 0 saturated carbocycles. The third kappa shape index (κ3) is 7.82. The number of para-hydroxylation sites is 1. The topological polar surface area (TPSA) is 120 Å². The number of ether oxygens (including phenoxy) is 3. The van der Waals surface area contributed by atoms with Gasteiger partial charge in [-0.3, -0.25) is 14.4 Å². The Labute approximate surface area is 227 Å². The van der Waals surface area contributed by atoms with Crippen LogP contribution in [-0.4, -0.2) is 43.4 Å². The van der Waals surface area contributed by atoms with E-state index in [-0.39, 0.29) is 22.8 Å². The molecule has 3 rings (SSSR count). The van der Waals surface area contributed by atoms with Gasteiger partial charge in [0, 0.05) is 11.3 Å². The summed E-state index contributed by atoms with van der Waals surface area (Å²) >= 11 is 0. The Morgan fingerprint density at radius 1 is 0.875 bits per heavy atom. The first-order valence-electron chi connectivity index (χ1n) is 11.8. The molecule has 0 bridgehead atoms. The number of ketones is 1. The number of Topliss-reactive ketones (excluding diaryl/α,β-unsaturated/α-hetero) is 1. The highest BCUT2D eigenvalue weighted by atomic mass is 19.4. The van der Waals surface area contributed by atoms with Crippen LogP contribution in [0.15, 0.2) is 66.7 Å². The van der Waals surface area contributed by atoms with Crippen LogP contribution in [0.4, 0.5) is 24.5 Å². The van der Waals surface area contributed by atoms with E-state index >= 15 is 0 Å². The van der Waals surface area contributed by atoms with Gasteiger partial charge in [0.2, 0.25) is 0 Å². The molecular weight excluding hydrogens is 533 g/mol. The lowest BCUT2D eigenvalue weighted by atomic mass is 10.1. The second-order valence-corrected chi connectivity index (χ2v) is 8.42. The molecule has 9 nitrogen and oxygen atoms in total. The van der Waals surface area contributed by atoms with Crippen LogP contribution >= 0.6 is 0 Å². The summed E-state index contributed by atoms with van der Waals surface area (Å²) in [4.78, 5) is 48.9. The standard InChI is InChI=1S/C28H25F3N2O7/c1-16(34)18-7-6-8-20(13-18)32-26(36)17(2)40-27(37)19-11-12-23(24(14-19)38-3)39-15-25(35)33-22-10-5-4-9-21(22)28(29,30)31/h4-14,17H,15H2,1-3H3,(H,32,36)(H,33,35). The molecule has 2 N–H and O–H groups in total. The largest absolute Gasteiger partial charge is 0.493 e. The average Bonchev–Trinajstić information content (AvgIpc) is 2.91. The fraction of sp³-hybridized carbons (Fsp3) is 0.214. The molecule has 1 unspecified atom stereocenters. The summed E-state index contributed by atoms with van der Waals surface area (Å²) in [6, 6.07) is 14.7. The van der Waals surface area contributed by atoms with Gasteiger partial charge in [-0.2, -0.15) is 13.2 Å². The lowest BCUT2D eigenvalue weighted by molar-refractivity contribution is -0.137. The summed E-state index contributed by atoms with van der Waals surface area (Å²) in [5.74, 6) is -2.43. The van der Waals surface area contributed by atoms with E-state index in [1.54, 1.807) is 18.2 Å². The molecule has 0 aliphatic carbocycles. The van der Waals surface area contributed by atoms with Gasteiger partial charge in [-0.15, -0.1) is 0 Å². The molecule has 2 amide bonds. The van der Waals surface area contributed by atoms with Gasteiger partial charge in [0.15, 0.2) is 30.0 Å². The summed E-state index contributed by atoms with van der Waals surface area (Å²) in [7, 11) is 1.28. The Kier molecular flexibility index (Phi) is 9.49. The van der Waals surface area contributed by atoms with Crippen molar-refractivity contribution in [2.24, 2.45) is 0 Å². The molecule has 0 saturated heterocycles. The number of amides is 2. The monoisotopic (exact) mass is 558 g/mol. The average molecular weight is 559 g/mol. The lowest BCUT2D eigenvalue weighted by Gasteiger charge is -2.16. The van der Waals surface area contributed by atoms with Crippen molar-refractivity contribution >= 4 is 34.9 Å². The van der Waals surface area contributed by atoms with Crippen LogP contribution < -0.4 is 20.1 Å². The SMILES string of the molecule is COc1cc(C(=O)OC(C)C(=O)Nc2cccc(C(C)=O)c2)ccc1OCC(=O)Nc1ccccc1C(F)(F)F. The molecule has 3 aromatic carbocycles. The van der Waals surface area contributed by atoms with Crippen LogP contribution in [0, 0.1) is 0 Å². The van der Waals surface area contributed by atoms with Crippen molar-refractivity contribution in [3.63, 3.8) is 0 Å². The number of benzene rings is 3. The van der Waals surface area contributed by atoms with Crippen molar-refractivity contribution in [2.45, 2.75) is 26.1 Å². The maximum absolute atomic E-state index is 13.1. The first-order chi connectivity index (χ1) is 18.9. The molecule has 12 heteroatoms. The molecule has 3 aromatic rings. The minimum atomic E-state index is -4.66. The van der Waals surface area contributed by atoms with Gasteiger partial charge < -0.3 is 24.8 Å². The Bertz CT molecular complexity index is 1420. The fourth-order valence-electron chi connectivity index (χ4n) is 3.42. The van der Waals surface area contributed by atoms with E-state index in [1.165, 1.54) is 57.4 Å². The number of alkyl halides is 3. The van der Waals surface area contributed by atoms with Gasteiger partial charge in [0.1, 0.15) is 0 Å². The van der Waals surface area contributed by atoms with Crippen LogP contribution in [0.25, 0.3) is 0 Å². The van der Waals surface area contributed by atoms with E-state index < -0.39 is 47.9 Å². The first-order valence-corrected chi connectivity index (χ1v) is 11.8. The van der Waals surface area contributed by atoms with E-state index in [0.717, 1.165) is 12.1 Å². The highest BCUT2D eigenvalue weighted by molar-refractivity contribution is 5.99. The van der Waals surface area contributed by atoms with Gasteiger partial charge >= 0.3 is 12.1 Å². The number of esters is 1. The minimum absolute atomic E-state index is 0.00554. The second-order valence-electron chi connectivity index (χ2n) is 8.42. The van der Waals surface area contributed by atoms with Gasteiger partial charge in [0.25, 0.3) is 11.8 Å². The molecule has 0 radical (unpaired) electrons. The predicted molar refractivity (Wildman–Crippen MR) is 139 cm³/mol. The number of methoxy groups -OCH3 is 1. The van der Waals surface area contributed by atoms with Gasteiger partial charge in [-0.05, 0) is 56.3 Å². The molecule has 40 heavy (non-hydrogen) atoms. The van der Waals surface area contributed by atoms with Crippen LogP contribution in [0.1, 0.15) is 40.1 Å². The summed E-state index contributed by atoms with van der Waals surface area (Å²) in [5.41, 5.74) is -0.657. The number of anilines is 2. The smallest absolute Gasteiger partial charge is 0.418 e. The minimum Gasteiger partial charge on any atom is -0.493 e. The third-order valence-corrected chi connectivity index (χ3v) is 5.45. The van der Waals surface area contributed by atoms with Crippen LogP contribution in [-0.2, 0) is 20.5 Å². The number of carbonyl (C=O) groups is 4. The van der Waals surface area contributed by atoms with E-state index in [4.69, 9.17) is 14.2 Å². The summed E-state index contributed by atoms with van der Waals surface area (Å²) < 4.78 is 55.2.